The number of rotatable bonds is 5. The first-order valence-corrected chi connectivity index (χ1v) is 7.64. The maximum atomic E-state index is 12.2. The van der Waals surface area contributed by atoms with E-state index in [9.17, 15) is 9.90 Å². The largest absolute Gasteiger partial charge is 1.00 e. The summed E-state index contributed by atoms with van der Waals surface area (Å²) < 4.78 is 0. The number of carboxylic acids is 1. The Morgan fingerprint density at radius 3 is 2.44 bits per heavy atom. The fourth-order valence-corrected chi connectivity index (χ4v) is 2.67. The van der Waals surface area contributed by atoms with E-state index in [0.29, 0.717) is 5.56 Å². The summed E-state index contributed by atoms with van der Waals surface area (Å²) in [5.41, 5.74) is 1.29. The SMILES string of the molecule is O=C(O)C[C@@H](N=Cc1c([O-])ccc2ccccc12)c1ccccc1.[K+]. The minimum absolute atomic E-state index is 0. The second kappa shape index (κ2) is 9.27. The van der Waals surface area contributed by atoms with Crippen molar-refractivity contribution >= 4 is 23.0 Å². The third kappa shape index (κ3) is 5.00. The van der Waals surface area contributed by atoms with E-state index in [4.69, 9.17) is 5.11 Å². The van der Waals surface area contributed by atoms with Crippen molar-refractivity contribution in [1.29, 1.82) is 0 Å². The summed E-state index contributed by atoms with van der Waals surface area (Å²) in [5.74, 6) is -1.05. The molecule has 0 spiro atoms. The predicted molar refractivity (Wildman–Crippen MR) is 92.4 cm³/mol. The topological polar surface area (TPSA) is 72.7 Å². The first-order chi connectivity index (χ1) is 11.6. The van der Waals surface area contributed by atoms with Crippen LogP contribution in [0.4, 0.5) is 0 Å². The summed E-state index contributed by atoms with van der Waals surface area (Å²) in [6.07, 6.45) is 1.38. The third-order valence-electron chi connectivity index (χ3n) is 3.87. The smallest absolute Gasteiger partial charge is 0.872 e. The molecule has 0 unspecified atom stereocenters. The number of aliphatic carboxylic acids is 1. The van der Waals surface area contributed by atoms with Gasteiger partial charge in [-0.15, -0.1) is 0 Å². The minimum atomic E-state index is -0.929. The van der Waals surface area contributed by atoms with Gasteiger partial charge in [0.2, 0.25) is 0 Å². The minimum Gasteiger partial charge on any atom is -0.872 e. The Kier molecular flexibility index (Phi) is 7.34. The fourth-order valence-electron chi connectivity index (χ4n) is 2.67. The number of carboxylic acid groups (broad SMARTS) is 1. The molecule has 120 valence electrons. The zero-order valence-electron chi connectivity index (χ0n) is 13.9. The molecule has 0 aromatic heterocycles. The molecule has 0 bridgehead atoms. The molecule has 3 rings (SSSR count). The summed E-state index contributed by atoms with van der Waals surface area (Å²) in [6.45, 7) is 0. The number of carbonyl (C=O) groups is 1. The quantitative estimate of drug-likeness (QED) is 0.535. The predicted octanol–water partition coefficient (Wildman–Crippen LogP) is 0.552. The maximum absolute atomic E-state index is 12.2. The van der Waals surface area contributed by atoms with Crippen molar-refractivity contribution in [2.45, 2.75) is 12.5 Å². The van der Waals surface area contributed by atoms with Crippen molar-refractivity contribution in [2.75, 3.05) is 0 Å². The summed E-state index contributed by atoms with van der Waals surface area (Å²) in [4.78, 5) is 15.5. The van der Waals surface area contributed by atoms with Crippen LogP contribution >= 0.6 is 0 Å². The molecule has 0 aliphatic carbocycles. The molecule has 3 aromatic rings. The molecule has 0 fully saturated rings. The van der Waals surface area contributed by atoms with Crippen LogP contribution in [0, 0.1) is 0 Å². The van der Waals surface area contributed by atoms with Crippen LogP contribution in [0.5, 0.6) is 5.75 Å². The third-order valence-corrected chi connectivity index (χ3v) is 3.87. The molecule has 3 aromatic carbocycles. The number of nitrogens with zero attached hydrogens (tertiary/aromatic N) is 1. The second-order valence-electron chi connectivity index (χ2n) is 5.50. The van der Waals surface area contributed by atoms with Gasteiger partial charge in [-0.3, -0.25) is 9.79 Å². The molecule has 0 aliphatic rings. The number of fused-ring (bicyclic) bond motifs is 1. The van der Waals surface area contributed by atoms with Gasteiger partial charge in [0.25, 0.3) is 0 Å². The molecule has 25 heavy (non-hydrogen) atoms. The summed E-state index contributed by atoms with van der Waals surface area (Å²) >= 11 is 0. The zero-order chi connectivity index (χ0) is 16.9. The molecule has 0 saturated carbocycles. The average molecular weight is 357 g/mol. The molecular weight excluding hydrogens is 341 g/mol. The van der Waals surface area contributed by atoms with E-state index in [-0.39, 0.29) is 63.6 Å². The standard InChI is InChI=1S/C20H17NO3.K/c22-19-11-10-14-6-4-5-9-16(14)17(19)13-21-18(12-20(23)24)15-7-2-1-3-8-15;/h1-11,13,18,22H,12H2,(H,23,24);/q;+1/p-1/t18-;/m1./s1. The molecule has 1 atom stereocenters. The summed E-state index contributed by atoms with van der Waals surface area (Å²) in [6, 6.07) is 19.6. The van der Waals surface area contributed by atoms with Gasteiger partial charge >= 0.3 is 57.4 Å². The van der Waals surface area contributed by atoms with Crippen LogP contribution in [0.25, 0.3) is 10.8 Å². The van der Waals surface area contributed by atoms with Gasteiger partial charge in [0.15, 0.2) is 0 Å². The number of benzene rings is 3. The van der Waals surface area contributed by atoms with E-state index < -0.39 is 12.0 Å². The van der Waals surface area contributed by atoms with Crippen LogP contribution in [0.15, 0.2) is 71.7 Å². The molecule has 0 radical (unpaired) electrons. The molecule has 0 saturated heterocycles. The molecule has 1 N–H and O–H groups in total. The Labute approximate surface area is 188 Å². The van der Waals surface area contributed by atoms with E-state index in [1.807, 2.05) is 54.6 Å². The van der Waals surface area contributed by atoms with Crippen LogP contribution in [-0.4, -0.2) is 17.3 Å². The van der Waals surface area contributed by atoms with Gasteiger partial charge in [0.1, 0.15) is 0 Å². The van der Waals surface area contributed by atoms with E-state index >= 15 is 0 Å². The molecule has 5 heteroatoms. The van der Waals surface area contributed by atoms with Gasteiger partial charge in [-0.2, -0.15) is 0 Å². The summed E-state index contributed by atoms with van der Waals surface area (Å²) in [5, 5.41) is 23.1. The number of hydrogen-bond donors (Lipinski definition) is 1. The maximum Gasteiger partial charge on any atom is 1.00 e. The van der Waals surface area contributed by atoms with Gasteiger partial charge in [-0.1, -0.05) is 72.5 Å². The van der Waals surface area contributed by atoms with E-state index in [1.54, 1.807) is 6.07 Å². The van der Waals surface area contributed by atoms with Crippen molar-refractivity contribution in [3.05, 3.63) is 77.9 Å². The normalized spacial score (nSPS) is 12.0. The van der Waals surface area contributed by atoms with Crippen LogP contribution in [0.1, 0.15) is 23.6 Å². The van der Waals surface area contributed by atoms with Crippen molar-refractivity contribution in [2.24, 2.45) is 4.99 Å². The first-order valence-electron chi connectivity index (χ1n) is 7.64. The number of aliphatic imine (C=N–C) groups is 1. The van der Waals surface area contributed by atoms with Gasteiger partial charge in [-0.05, 0) is 21.9 Å². The molecule has 0 amide bonds. The van der Waals surface area contributed by atoms with Crippen LogP contribution in [0.2, 0.25) is 0 Å². The fraction of sp³-hybridized carbons (Fsp3) is 0.100. The van der Waals surface area contributed by atoms with E-state index in [0.717, 1.165) is 16.3 Å². The van der Waals surface area contributed by atoms with Crippen LogP contribution in [-0.2, 0) is 4.79 Å². The van der Waals surface area contributed by atoms with Crippen molar-refractivity contribution in [3.63, 3.8) is 0 Å². The second-order valence-corrected chi connectivity index (χ2v) is 5.50. The Balaban J connectivity index is 0.00000225. The molecule has 4 nitrogen and oxygen atoms in total. The first kappa shape index (κ1) is 19.8. The van der Waals surface area contributed by atoms with Crippen LogP contribution < -0.4 is 56.5 Å². The molecular formula is C20H16KNO3. The van der Waals surface area contributed by atoms with Crippen molar-refractivity contribution in [1.82, 2.24) is 0 Å². The molecule has 0 aliphatic heterocycles. The molecule has 0 heterocycles. The monoisotopic (exact) mass is 357 g/mol. The van der Waals surface area contributed by atoms with Crippen molar-refractivity contribution < 1.29 is 66.4 Å². The summed E-state index contributed by atoms with van der Waals surface area (Å²) in [7, 11) is 0. The van der Waals surface area contributed by atoms with Gasteiger partial charge in [0.05, 0.1) is 12.5 Å². The Morgan fingerprint density at radius 2 is 1.72 bits per heavy atom. The van der Waals surface area contributed by atoms with Gasteiger partial charge in [0, 0.05) is 6.21 Å². The van der Waals surface area contributed by atoms with E-state index in [1.165, 1.54) is 12.3 Å². The van der Waals surface area contributed by atoms with Gasteiger partial charge in [-0.25, -0.2) is 0 Å². The van der Waals surface area contributed by atoms with E-state index in [2.05, 4.69) is 4.99 Å². The number of hydrogen-bond acceptors (Lipinski definition) is 3. The van der Waals surface area contributed by atoms with Crippen LogP contribution in [0.3, 0.4) is 0 Å². The Bertz CT molecular complexity index is 894. The Hall–Kier alpha value is -1.50. The van der Waals surface area contributed by atoms with Gasteiger partial charge < -0.3 is 10.2 Å². The Morgan fingerprint density at radius 1 is 1.04 bits per heavy atom. The average Bonchev–Trinajstić information content (AvgIpc) is 2.60. The van der Waals surface area contributed by atoms with Crippen molar-refractivity contribution in [3.8, 4) is 5.75 Å². The zero-order valence-corrected chi connectivity index (χ0v) is 17.0.